The molecule has 0 saturated heterocycles. The van der Waals surface area contributed by atoms with E-state index in [0.717, 1.165) is 12.3 Å². The van der Waals surface area contributed by atoms with Crippen molar-refractivity contribution >= 4 is 11.9 Å². The lowest BCUT2D eigenvalue weighted by atomic mass is 10.2. The van der Waals surface area contributed by atoms with E-state index < -0.39 is 36.2 Å². The predicted molar refractivity (Wildman–Crippen MR) is 58.7 cm³/mol. The molecule has 1 aromatic heterocycles. The maximum Gasteiger partial charge on any atom is 0.422 e. The molecular weight excluding hydrogens is 283 g/mol. The molecule has 110 valence electrons. The Morgan fingerprint density at radius 1 is 1.40 bits per heavy atom. The molecule has 6 nitrogen and oxygen atoms in total. The van der Waals surface area contributed by atoms with E-state index in [1.54, 1.807) is 0 Å². The van der Waals surface area contributed by atoms with E-state index in [4.69, 9.17) is 5.11 Å². The fourth-order valence-corrected chi connectivity index (χ4v) is 1.20. The van der Waals surface area contributed by atoms with Gasteiger partial charge in [0.2, 0.25) is 0 Å². The van der Waals surface area contributed by atoms with Gasteiger partial charge >= 0.3 is 18.1 Å². The van der Waals surface area contributed by atoms with Gasteiger partial charge in [-0.1, -0.05) is 0 Å². The minimum absolute atomic E-state index is 0.0538. The van der Waals surface area contributed by atoms with Crippen molar-refractivity contribution in [2.75, 3.05) is 13.2 Å². The lowest BCUT2D eigenvalue weighted by molar-refractivity contribution is -0.153. The average Bonchev–Trinajstić information content (AvgIpc) is 2.35. The van der Waals surface area contributed by atoms with Crippen molar-refractivity contribution in [2.45, 2.75) is 13.1 Å². The zero-order valence-electron chi connectivity index (χ0n) is 10.2. The third kappa shape index (κ3) is 4.41. The van der Waals surface area contributed by atoms with E-state index in [1.165, 1.54) is 6.92 Å². The van der Waals surface area contributed by atoms with Gasteiger partial charge in [0.25, 0.3) is 0 Å². The highest BCUT2D eigenvalue weighted by atomic mass is 19.4. The first-order chi connectivity index (χ1) is 9.24. The van der Waals surface area contributed by atoms with Crippen molar-refractivity contribution < 1.29 is 37.3 Å². The molecule has 0 aliphatic heterocycles. The molecule has 0 bridgehead atoms. The quantitative estimate of drug-likeness (QED) is 0.834. The van der Waals surface area contributed by atoms with Crippen molar-refractivity contribution in [3.63, 3.8) is 0 Å². The Morgan fingerprint density at radius 2 is 2.05 bits per heavy atom. The van der Waals surface area contributed by atoms with Gasteiger partial charge in [0.15, 0.2) is 18.1 Å². The number of ether oxygens (including phenoxy) is 2. The molecule has 0 amide bonds. The number of carbonyl (C=O) groups excluding carboxylic acids is 1. The maximum atomic E-state index is 12.1. The summed E-state index contributed by atoms with van der Waals surface area (Å²) in [4.78, 5) is 25.6. The van der Waals surface area contributed by atoms with E-state index in [1.807, 2.05) is 0 Å². The van der Waals surface area contributed by atoms with Gasteiger partial charge in [-0.2, -0.15) is 13.2 Å². The summed E-state index contributed by atoms with van der Waals surface area (Å²) < 4.78 is 45.2. The minimum Gasteiger partial charge on any atom is -0.482 e. The molecule has 0 radical (unpaired) electrons. The maximum absolute atomic E-state index is 12.1. The largest absolute Gasteiger partial charge is 0.482 e. The van der Waals surface area contributed by atoms with Crippen LogP contribution in [-0.4, -0.2) is 41.4 Å². The van der Waals surface area contributed by atoms with Crippen molar-refractivity contribution in [3.05, 3.63) is 23.5 Å². The third-order valence-electron chi connectivity index (χ3n) is 1.96. The van der Waals surface area contributed by atoms with Crippen LogP contribution in [-0.2, 0) is 4.74 Å². The number of aromatic carboxylic acids is 1. The van der Waals surface area contributed by atoms with Gasteiger partial charge in [0, 0.05) is 6.20 Å². The minimum atomic E-state index is -4.64. The summed E-state index contributed by atoms with van der Waals surface area (Å²) in [5.74, 6) is -3.06. The average molecular weight is 293 g/mol. The monoisotopic (exact) mass is 293 g/mol. The molecule has 0 saturated carbocycles. The summed E-state index contributed by atoms with van der Waals surface area (Å²) in [5.41, 5.74) is -0.920. The number of carboxylic acid groups (broad SMARTS) is 1. The number of pyridine rings is 1. The Hall–Kier alpha value is -2.32. The highest BCUT2D eigenvalue weighted by molar-refractivity contribution is 5.93. The molecule has 0 aliphatic carbocycles. The molecule has 0 aliphatic rings. The van der Waals surface area contributed by atoms with Crippen LogP contribution in [0.1, 0.15) is 27.8 Å². The van der Waals surface area contributed by atoms with E-state index >= 15 is 0 Å². The number of aromatic nitrogens is 1. The highest BCUT2D eigenvalue weighted by Gasteiger charge is 2.30. The van der Waals surface area contributed by atoms with Gasteiger partial charge < -0.3 is 14.6 Å². The van der Waals surface area contributed by atoms with Gasteiger partial charge in [-0.25, -0.2) is 14.6 Å². The van der Waals surface area contributed by atoms with Crippen LogP contribution < -0.4 is 4.74 Å². The summed E-state index contributed by atoms with van der Waals surface area (Å²) in [6.07, 6.45) is -3.75. The van der Waals surface area contributed by atoms with E-state index in [2.05, 4.69) is 14.5 Å². The lowest BCUT2D eigenvalue weighted by Gasteiger charge is -2.11. The zero-order chi connectivity index (χ0) is 15.3. The Bertz CT molecular complexity index is 515. The number of carbonyl (C=O) groups is 2. The summed E-state index contributed by atoms with van der Waals surface area (Å²) in [6, 6.07) is 0.847. The number of hydrogen-bond donors (Lipinski definition) is 1. The van der Waals surface area contributed by atoms with Crippen LogP contribution in [0.15, 0.2) is 12.3 Å². The Balaban J connectivity index is 3.06. The molecule has 1 aromatic rings. The third-order valence-corrected chi connectivity index (χ3v) is 1.96. The number of alkyl halides is 3. The number of hydrogen-bond acceptors (Lipinski definition) is 5. The second-order valence-corrected chi connectivity index (χ2v) is 3.50. The van der Waals surface area contributed by atoms with Crippen molar-refractivity contribution in [3.8, 4) is 5.75 Å². The van der Waals surface area contributed by atoms with Crippen LogP contribution >= 0.6 is 0 Å². The molecule has 0 spiro atoms. The molecule has 0 aromatic carbocycles. The standard InChI is InChI=1S/C11H10F3NO5/c1-2-19-10(18)6-3-7(20-5-11(12,13)14)8(9(16)17)15-4-6/h3-4H,2,5H2,1H3,(H,16,17). The normalized spacial score (nSPS) is 11.0. The van der Waals surface area contributed by atoms with Crippen LogP contribution in [0.2, 0.25) is 0 Å². The highest BCUT2D eigenvalue weighted by Crippen LogP contribution is 2.22. The van der Waals surface area contributed by atoms with Crippen LogP contribution in [0.5, 0.6) is 5.75 Å². The SMILES string of the molecule is CCOC(=O)c1cnc(C(=O)O)c(OCC(F)(F)F)c1. The second kappa shape index (κ2) is 6.22. The topological polar surface area (TPSA) is 85.7 Å². The second-order valence-electron chi connectivity index (χ2n) is 3.50. The number of esters is 1. The molecule has 9 heteroatoms. The van der Waals surface area contributed by atoms with E-state index in [-0.39, 0.29) is 12.2 Å². The number of halogens is 3. The fourth-order valence-electron chi connectivity index (χ4n) is 1.20. The fraction of sp³-hybridized carbons (Fsp3) is 0.364. The smallest absolute Gasteiger partial charge is 0.422 e. The summed E-state index contributed by atoms with van der Waals surface area (Å²) in [6.45, 7) is -0.0997. The Labute approximate surface area is 111 Å². The molecule has 1 rings (SSSR count). The molecule has 0 unspecified atom stereocenters. The molecular formula is C11H10F3NO5. The van der Waals surface area contributed by atoms with Crippen molar-refractivity contribution in [1.29, 1.82) is 0 Å². The lowest BCUT2D eigenvalue weighted by Crippen LogP contribution is -2.21. The first-order valence-corrected chi connectivity index (χ1v) is 5.34. The number of carboxylic acids is 1. The van der Waals surface area contributed by atoms with E-state index in [0.29, 0.717) is 0 Å². The number of rotatable bonds is 5. The van der Waals surface area contributed by atoms with Crippen molar-refractivity contribution in [2.24, 2.45) is 0 Å². The zero-order valence-corrected chi connectivity index (χ0v) is 10.2. The van der Waals surface area contributed by atoms with Gasteiger partial charge in [0.1, 0.15) is 0 Å². The van der Waals surface area contributed by atoms with Gasteiger partial charge in [0.05, 0.1) is 12.2 Å². The molecule has 1 heterocycles. The first kappa shape index (κ1) is 15.7. The van der Waals surface area contributed by atoms with Crippen LogP contribution in [0.4, 0.5) is 13.2 Å². The number of nitrogens with zero attached hydrogens (tertiary/aromatic N) is 1. The summed E-state index contributed by atoms with van der Waals surface area (Å²) in [7, 11) is 0. The molecule has 20 heavy (non-hydrogen) atoms. The van der Waals surface area contributed by atoms with Crippen LogP contribution in [0, 0.1) is 0 Å². The van der Waals surface area contributed by atoms with Gasteiger partial charge in [-0.15, -0.1) is 0 Å². The van der Waals surface area contributed by atoms with Crippen molar-refractivity contribution in [1.82, 2.24) is 4.98 Å². The van der Waals surface area contributed by atoms with Gasteiger partial charge in [-0.3, -0.25) is 0 Å². The van der Waals surface area contributed by atoms with Gasteiger partial charge in [-0.05, 0) is 13.0 Å². The van der Waals surface area contributed by atoms with E-state index in [9.17, 15) is 22.8 Å². The van der Waals surface area contributed by atoms with Crippen LogP contribution in [0.25, 0.3) is 0 Å². The predicted octanol–water partition coefficient (Wildman–Crippen LogP) is 1.90. The molecule has 0 fully saturated rings. The molecule has 0 atom stereocenters. The Morgan fingerprint density at radius 3 is 2.55 bits per heavy atom. The molecule has 1 N–H and O–H groups in total. The summed E-state index contributed by atoms with van der Waals surface area (Å²) >= 11 is 0. The van der Waals surface area contributed by atoms with Crippen LogP contribution in [0.3, 0.4) is 0 Å². The Kier molecular flexibility index (Phi) is 4.89. The first-order valence-electron chi connectivity index (χ1n) is 5.34. The summed E-state index contributed by atoms with van der Waals surface area (Å²) in [5, 5.41) is 8.79.